The summed E-state index contributed by atoms with van der Waals surface area (Å²) in [7, 11) is 0. The summed E-state index contributed by atoms with van der Waals surface area (Å²) in [6.45, 7) is 4.89. The van der Waals surface area contributed by atoms with E-state index in [1.54, 1.807) is 11.8 Å². The minimum Gasteiger partial charge on any atom is -0.348 e. The largest absolute Gasteiger partial charge is 0.348 e. The molecule has 0 bridgehead atoms. The zero-order valence-electron chi connectivity index (χ0n) is 18.1. The van der Waals surface area contributed by atoms with E-state index in [-0.39, 0.29) is 5.91 Å². The van der Waals surface area contributed by atoms with E-state index in [9.17, 15) is 4.79 Å². The SMILES string of the molecule is CSc1ccc(C(=O)NCc2cccc(-c3cc(C(C)C)cc4cccnc34)c2)cc1. The number of rotatable bonds is 6. The van der Waals surface area contributed by atoms with Crippen LogP contribution in [-0.4, -0.2) is 17.1 Å². The zero-order chi connectivity index (χ0) is 21.8. The summed E-state index contributed by atoms with van der Waals surface area (Å²) in [5.41, 5.74) is 6.27. The van der Waals surface area contributed by atoms with Gasteiger partial charge >= 0.3 is 0 Å². The van der Waals surface area contributed by atoms with Crippen LogP contribution in [-0.2, 0) is 6.54 Å². The van der Waals surface area contributed by atoms with Crippen molar-refractivity contribution in [3.05, 3.63) is 95.7 Å². The minimum absolute atomic E-state index is 0.0630. The van der Waals surface area contributed by atoms with E-state index < -0.39 is 0 Å². The second-order valence-corrected chi connectivity index (χ2v) is 8.79. The number of carbonyl (C=O) groups excluding carboxylic acids is 1. The number of hydrogen-bond donors (Lipinski definition) is 1. The van der Waals surface area contributed by atoms with Crippen LogP contribution >= 0.6 is 11.8 Å². The lowest BCUT2D eigenvalue weighted by Gasteiger charge is -2.13. The average molecular weight is 427 g/mol. The Bertz CT molecular complexity index is 1220. The molecule has 0 spiro atoms. The molecule has 0 radical (unpaired) electrons. The van der Waals surface area contributed by atoms with Gasteiger partial charge in [0, 0.05) is 34.2 Å². The van der Waals surface area contributed by atoms with Crippen LogP contribution < -0.4 is 5.32 Å². The van der Waals surface area contributed by atoms with Crippen molar-refractivity contribution in [1.29, 1.82) is 0 Å². The number of nitrogens with zero attached hydrogens (tertiary/aromatic N) is 1. The summed E-state index contributed by atoms with van der Waals surface area (Å²) in [5, 5.41) is 4.19. The number of amides is 1. The van der Waals surface area contributed by atoms with Crippen LogP contribution in [0.15, 0.2) is 83.9 Å². The normalized spacial score (nSPS) is 11.1. The molecule has 1 amide bonds. The molecule has 0 fully saturated rings. The van der Waals surface area contributed by atoms with Crippen LogP contribution in [0.3, 0.4) is 0 Å². The van der Waals surface area contributed by atoms with E-state index in [4.69, 9.17) is 0 Å². The first kappa shape index (κ1) is 21.1. The molecule has 3 aromatic carbocycles. The predicted octanol–water partition coefficient (Wildman–Crippen LogP) is 6.68. The zero-order valence-corrected chi connectivity index (χ0v) is 18.9. The van der Waals surface area contributed by atoms with E-state index in [2.05, 4.69) is 54.5 Å². The molecule has 0 aliphatic heterocycles. The van der Waals surface area contributed by atoms with Gasteiger partial charge in [0.2, 0.25) is 0 Å². The predicted molar refractivity (Wildman–Crippen MR) is 131 cm³/mol. The molecule has 31 heavy (non-hydrogen) atoms. The fourth-order valence-corrected chi connectivity index (χ4v) is 4.05. The molecule has 3 nitrogen and oxygen atoms in total. The van der Waals surface area contributed by atoms with Gasteiger partial charge in [-0.3, -0.25) is 9.78 Å². The van der Waals surface area contributed by atoms with Crippen molar-refractivity contribution in [2.75, 3.05) is 6.26 Å². The number of hydrogen-bond acceptors (Lipinski definition) is 3. The summed E-state index contributed by atoms with van der Waals surface area (Å²) >= 11 is 1.67. The van der Waals surface area contributed by atoms with Crippen LogP contribution in [0, 0.1) is 0 Å². The minimum atomic E-state index is -0.0630. The lowest BCUT2D eigenvalue weighted by molar-refractivity contribution is 0.0951. The molecule has 1 N–H and O–H groups in total. The topological polar surface area (TPSA) is 42.0 Å². The molecule has 4 rings (SSSR count). The molecule has 0 saturated carbocycles. The number of benzene rings is 3. The van der Waals surface area contributed by atoms with Crippen molar-refractivity contribution in [2.45, 2.75) is 31.2 Å². The molecule has 4 heteroatoms. The van der Waals surface area contributed by atoms with E-state index in [0.717, 1.165) is 32.5 Å². The highest BCUT2D eigenvalue weighted by Crippen LogP contribution is 2.31. The summed E-state index contributed by atoms with van der Waals surface area (Å²) in [6.07, 6.45) is 3.87. The smallest absolute Gasteiger partial charge is 0.251 e. The number of carbonyl (C=O) groups is 1. The first-order chi connectivity index (χ1) is 15.0. The van der Waals surface area contributed by atoms with Gasteiger partial charge in [0.25, 0.3) is 5.91 Å². The summed E-state index contributed by atoms with van der Waals surface area (Å²) < 4.78 is 0. The van der Waals surface area contributed by atoms with Crippen LogP contribution in [0.1, 0.15) is 41.3 Å². The highest BCUT2D eigenvalue weighted by molar-refractivity contribution is 7.98. The Kier molecular flexibility index (Phi) is 6.38. The van der Waals surface area contributed by atoms with Crippen molar-refractivity contribution in [2.24, 2.45) is 0 Å². The van der Waals surface area contributed by atoms with Gasteiger partial charge < -0.3 is 5.32 Å². The van der Waals surface area contributed by atoms with Gasteiger partial charge in [-0.15, -0.1) is 11.8 Å². The van der Waals surface area contributed by atoms with E-state index in [1.807, 2.05) is 54.9 Å². The van der Waals surface area contributed by atoms with Crippen molar-refractivity contribution in [1.82, 2.24) is 10.3 Å². The maximum Gasteiger partial charge on any atom is 0.251 e. The highest BCUT2D eigenvalue weighted by Gasteiger charge is 2.11. The molecule has 1 aromatic heterocycles. The monoisotopic (exact) mass is 426 g/mol. The molecular formula is C27H26N2OS. The fourth-order valence-electron chi connectivity index (χ4n) is 3.64. The third-order valence-corrected chi connectivity index (χ3v) is 6.18. The summed E-state index contributed by atoms with van der Waals surface area (Å²) in [6, 6.07) is 24.6. The maximum atomic E-state index is 12.5. The third-order valence-electron chi connectivity index (χ3n) is 5.44. The Morgan fingerprint density at radius 1 is 1.00 bits per heavy atom. The average Bonchev–Trinajstić information content (AvgIpc) is 2.82. The molecule has 4 aromatic rings. The molecule has 156 valence electrons. The number of nitrogens with one attached hydrogen (secondary N) is 1. The molecule has 1 heterocycles. The second kappa shape index (κ2) is 9.36. The molecule has 0 aliphatic carbocycles. The van der Waals surface area contributed by atoms with Crippen LogP contribution in [0.25, 0.3) is 22.0 Å². The molecule has 0 unspecified atom stereocenters. The Morgan fingerprint density at radius 3 is 2.55 bits per heavy atom. The Morgan fingerprint density at radius 2 is 1.81 bits per heavy atom. The highest BCUT2D eigenvalue weighted by atomic mass is 32.2. The third kappa shape index (κ3) is 4.80. The standard InChI is InChI=1S/C27H26N2OS/c1-18(2)23-15-22-8-5-13-28-26(22)25(16-23)21-7-4-6-19(14-21)17-29-27(30)20-9-11-24(31-3)12-10-20/h4-16,18H,17H2,1-3H3,(H,29,30). The first-order valence-electron chi connectivity index (χ1n) is 10.5. The maximum absolute atomic E-state index is 12.5. The van der Waals surface area contributed by atoms with Gasteiger partial charge in [0.1, 0.15) is 0 Å². The van der Waals surface area contributed by atoms with Gasteiger partial charge in [-0.05, 0) is 77.4 Å². The van der Waals surface area contributed by atoms with Crippen LogP contribution in [0.5, 0.6) is 0 Å². The number of aromatic nitrogens is 1. The second-order valence-electron chi connectivity index (χ2n) is 7.91. The van der Waals surface area contributed by atoms with Crippen molar-refractivity contribution < 1.29 is 4.79 Å². The Balaban J connectivity index is 1.59. The molecular weight excluding hydrogens is 400 g/mol. The fraction of sp³-hybridized carbons (Fsp3) is 0.185. The lowest BCUT2D eigenvalue weighted by Crippen LogP contribution is -2.22. The molecule has 0 aliphatic rings. The number of fused-ring (bicyclic) bond motifs is 1. The summed E-state index contributed by atoms with van der Waals surface area (Å²) in [5.74, 6) is 0.371. The van der Waals surface area contributed by atoms with Crippen molar-refractivity contribution in [3.8, 4) is 11.1 Å². The summed E-state index contributed by atoms with van der Waals surface area (Å²) in [4.78, 5) is 18.3. The lowest BCUT2D eigenvalue weighted by atomic mass is 9.93. The number of thioether (sulfide) groups is 1. The van der Waals surface area contributed by atoms with Crippen molar-refractivity contribution in [3.63, 3.8) is 0 Å². The Hall–Kier alpha value is -3.11. The van der Waals surface area contributed by atoms with E-state index >= 15 is 0 Å². The van der Waals surface area contributed by atoms with Gasteiger partial charge in [-0.1, -0.05) is 38.1 Å². The number of pyridine rings is 1. The van der Waals surface area contributed by atoms with Crippen molar-refractivity contribution >= 4 is 28.6 Å². The van der Waals surface area contributed by atoms with Crippen LogP contribution in [0.4, 0.5) is 0 Å². The van der Waals surface area contributed by atoms with Gasteiger partial charge in [0.05, 0.1) is 5.52 Å². The van der Waals surface area contributed by atoms with Gasteiger partial charge in [-0.25, -0.2) is 0 Å². The Labute approximate surface area is 187 Å². The van der Waals surface area contributed by atoms with E-state index in [0.29, 0.717) is 18.0 Å². The first-order valence-corrected chi connectivity index (χ1v) is 11.7. The van der Waals surface area contributed by atoms with Gasteiger partial charge in [-0.2, -0.15) is 0 Å². The van der Waals surface area contributed by atoms with E-state index in [1.165, 1.54) is 5.56 Å². The van der Waals surface area contributed by atoms with Gasteiger partial charge in [0.15, 0.2) is 0 Å². The molecule has 0 saturated heterocycles. The molecule has 0 atom stereocenters. The quantitative estimate of drug-likeness (QED) is 0.350. The van der Waals surface area contributed by atoms with Crippen LogP contribution in [0.2, 0.25) is 0 Å².